The van der Waals surface area contributed by atoms with Crippen LogP contribution in [0.3, 0.4) is 0 Å². The van der Waals surface area contributed by atoms with Gasteiger partial charge in [-0.1, -0.05) is 36.2 Å². The number of aryl methyl sites for hydroxylation is 1. The minimum Gasteiger partial charge on any atom is -0.327 e. The summed E-state index contributed by atoms with van der Waals surface area (Å²) in [6.07, 6.45) is 5.72. The van der Waals surface area contributed by atoms with E-state index in [9.17, 15) is 9.59 Å². The van der Waals surface area contributed by atoms with E-state index in [2.05, 4.69) is 20.1 Å². The molecule has 3 heterocycles. The van der Waals surface area contributed by atoms with Gasteiger partial charge in [0.1, 0.15) is 11.9 Å². The molecule has 5 rings (SSSR count). The van der Waals surface area contributed by atoms with Crippen LogP contribution < -0.4 is 5.32 Å². The lowest BCUT2D eigenvalue weighted by Crippen LogP contribution is -2.43. The van der Waals surface area contributed by atoms with Crippen molar-refractivity contribution >= 4 is 29.1 Å². The first-order valence-electron chi connectivity index (χ1n) is 11.5. The Hall–Kier alpha value is -3.19. The minimum atomic E-state index is -0.499. The van der Waals surface area contributed by atoms with Gasteiger partial charge in [0, 0.05) is 36.3 Å². The number of halogens is 1. The molecule has 2 aliphatic rings. The van der Waals surface area contributed by atoms with Crippen molar-refractivity contribution in [2.45, 2.75) is 51.1 Å². The molecule has 1 fully saturated rings. The fourth-order valence-electron chi connectivity index (χ4n) is 4.71. The molecule has 7 nitrogen and oxygen atoms in total. The van der Waals surface area contributed by atoms with E-state index in [1.165, 1.54) is 6.42 Å². The number of hydrogen-bond donors (Lipinski definition) is 1. The Morgan fingerprint density at radius 3 is 2.67 bits per heavy atom. The Morgan fingerprint density at radius 1 is 0.970 bits per heavy atom. The van der Waals surface area contributed by atoms with Crippen LogP contribution in [0.4, 0.5) is 5.69 Å². The SMILES string of the molecule is O=C(Nc1ccc(Cl)c(-c2nnc3n2CCCCC3)c1)C1CCCN1C(=O)c1ccccc1. The number of nitrogens with zero attached hydrogens (tertiary/aromatic N) is 4. The average molecular weight is 464 g/mol. The zero-order chi connectivity index (χ0) is 22.8. The van der Waals surface area contributed by atoms with Gasteiger partial charge in [-0.3, -0.25) is 9.59 Å². The van der Waals surface area contributed by atoms with Crippen LogP contribution in [0.1, 0.15) is 48.3 Å². The molecule has 3 aromatic rings. The Bertz CT molecular complexity index is 1180. The largest absolute Gasteiger partial charge is 0.327 e. The van der Waals surface area contributed by atoms with E-state index >= 15 is 0 Å². The predicted octanol–water partition coefficient (Wildman–Crippen LogP) is 4.57. The maximum atomic E-state index is 13.2. The number of likely N-dealkylation sites (tertiary alicyclic amines) is 1. The number of carbonyl (C=O) groups is 2. The molecule has 0 spiro atoms. The van der Waals surface area contributed by atoms with Crippen molar-refractivity contribution in [2.75, 3.05) is 11.9 Å². The maximum absolute atomic E-state index is 13.2. The summed E-state index contributed by atoms with van der Waals surface area (Å²) >= 11 is 6.52. The topological polar surface area (TPSA) is 80.1 Å². The summed E-state index contributed by atoms with van der Waals surface area (Å²) in [6, 6.07) is 14.0. The smallest absolute Gasteiger partial charge is 0.254 e. The molecule has 0 aliphatic carbocycles. The van der Waals surface area contributed by atoms with Gasteiger partial charge in [-0.25, -0.2) is 0 Å². The number of nitrogens with one attached hydrogen (secondary N) is 1. The monoisotopic (exact) mass is 463 g/mol. The van der Waals surface area contributed by atoms with E-state index in [-0.39, 0.29) is 11.8 Å². The molecular weight excluding hydrogens is 438 g/mol. The summed E-state index contributed by atoms with van der Waals surface area (Å²) in [4.78, 5) is 27.8. The van der Waals surface area contributed by atoms with Gasteiger partial charge in [0.05, 0.1) is 5.02 Å². The van der Waals surface area contributed by atoms with Gasteiger partial charge in [0.2, 0.25) is 5.91 Å². The highest BCUT2D eigenvalue weighted by molar-refractivity contribution is 6.33. The van der Waals surface area contributed by atoms with E-state index in [1.54, 1.807) is 29.2 Å². The second-order valence-corrected chi connectivity index (χ2v) is 9.02. The van der Waals surface area contributed by atoms with Crippen molar-refractivity contribution in [3.63, 3.8) is 0 Å². The van der Waals surface area contributed by atoms with Crippen LogP contribution in [0.2, 0.25) is 5.02 Å². The first kappa shape index (κ1) is 21.6. The molecule has 1 unspecified atom stereocenters. The summed E-state index contributed by atoms with van der Waals surface area (Å²) in [7, 11) is 0. The van der Waals surface area contributed by atoms with Gasteiger partial charge in [-0.15, -0.1) is 10.2 Å². The average Bonchev–Trinajstić information content (AvgIpc) is 3.42. The van der Waals surface area contributed by atoms with E-state index < -0.39 is 6.04 Å². The molecule has 170 valence electrons. The Labute approximate surface area is 197 Å². The molecule has 1 saturated heterocycles. The molecule has 0 radical (unpaired) electrons. The molecule has 33 heavy (non-hydrogen) atoms. The van der Waals surface area contributed by atoms with E-state index in [4.69, 9.17) is 11.6 Å². The second kappa shape index (κ2) is 9.35. The van der Waals surface area contributed by atoms with Crippen LogP contribution in [0.25, 0.3) is 11.4 Å². The van der Waals surface area contributed by atoms with Crippen LogP contribution in [0, 0.1) is 0 Å². The van der Waals surface area contributed by atoms with Gasteiger partial charge >= 0.3 is 0 Å². The van der Waals surface area contributed by atoms with Crippen molar-refractivity contribution in [3.8, 4) is 11.4 Å². The normalized spacial score (nSPS) is 18.0. The van der Waals surface area contributed by atoms with Gasteiger partial charge < -0.3 is 14.8 Å². The molecule has 1 aromatic heterocycles. The number of fused-ring (bicyclic) bond motifs is 1. The van der Waals surface area contributed by atoms with Gasteiger partial charge in [0.15, 0.2) is 5.82 Å². The van der Waals surface area contributed by atoms with Crippen LogP contribution in [-0.4, -0.2) is 44.1 Å². The maximum Gasteiger partial charge on any atom is 0.254 e. The number of carbonyl (C=O) groups excluding carboxylic acids is 2. The van der Waals surface area contributed by atoms with Crippen LogP contribution in [-0.2, 0) is 17.8 Å². The number of benzene rings is 2. The lowest BCUT2D eigenvalue weighted by Gasteiger charge is -2.24. The third-order valence-corrected chi connectivity index (χ3v) is 6.75. The van der Waals surface area contributed by atoms with Crippen molar-refractivity contribution in [2.24, 2.45) is 0 Å². The molecule has 2 aliphatic heterocycles. The first-order valence-corrected chi connectivity index (χ1v) is 11.9. The number of rotatable bonds is 4. The molecule has 8 heteroatoms. The molecule has 1 atom stereocenters. The summed E-state index contributed by atoms with van der Waals surface area (Å²) in [5.41, 5.74) is 1.97. The Morgan fingerprint density at radius 2 is 1.82 bits per heavy atom. The lowest BCUT2D eigenvalue weighted by atomic mass is 10.1. The van der Waals surface area contributed by atoms with E-state index in [0.29, 0.717) is 29.2 Å². The highest BCUT2D eigenvalue weighted by Gasteiger charge is 2.34. The van der Waals surface area contributed by atoms with Crippen molar-refractivity contribution in [3.05, 3.63) is 64.9 Å². The Balaban J connectivity index is 1.36. The lowest BCUT2D eigenvalue weighted by molar-refractivity contribution is -0.119. The van der Waals surface area contributed by atoms with Gasteiger partial charge in [-0.05, 0) is 56.0 Å². The zero-order valence-corrected chi connectivity index (χ0v) is 19.1. The highest BCUT2D eigenvalue weighted by atomic mass is 35.5. The summed E-state index contributed by atoms with van der Waals surface area (Å²) in [6.45, 7) is 1.44. The molecule has 2 aromatic carbocycles. The van der Waals surface area contributed by atoms with Crippen LogP contribution in [0.15, 0.2) is 48.5 Å². The van der Waals surface area contributed by atoms with Crippen LogP contribution in [0.5, 0.6) is 0 Å². The summed E-state index contributed by atoms with van der Waals surface area (Å²) < 4.78 is 2.14. The summed E-state index contributed by atoms with van der Waals surface area (Å²) in [5, 5.41) is 12.3. The first-order chi connectivity index (χ1) is 16.1. The number of hydrogen-bond acceptors (Lipinski definition) is 4. The van der Waals surface area contributed by atoms with Gasteiger partial charge in [0.25, 0.3) is 5.91 Å². The van der Waals surface area contributed by atoms with Crippen molar-refractivity contribution in [1.29, 1.82) is 0 Å². The highest BCUT2D eigenvalue weighted by Crippen LogP contribution is 2.32. The fraction of sp³-hybridized carbons (Fsp3) is 0.360. The Kier molecular flexibility index (Phi) is 6.13. The predicted molar refractivity (Wildman–Crippen MR) is 127 cm³/mol. The third kappa shape index (κ3) is 4.37. The molecular formula is C25H26ClN5O2. The van der Waals surface area contributed by atoms with E-state index in [0.717, 1.165) is 49.4 Å². The van der Waals surface area contributed by atoms with Crippen LogP contribution >= 0.6 is 11.6 Å². The van der Waals surface area contributed by atoms with E-state index in [1.807, 2.05) is 24.3 Å². The minimum absolute atomic E-state index is 0.115. The zero-order valence-electron chi connectivity index (χ0n) is 18.3. The molecule has 0 saturated carbocycles. The number of anilines is 1. The summed E-state index contributed by atoms with van der Waals surface area (Å²) in [5.74, 6) is 1.41. The molecule has 1 N–H and O–H groups in total. The van der Waals surface area contributed by atoms with Crippen molar-refractivity contribution in [1.82, 2.24) is 19.7 Å². The third-order valence-electron chi connectivity index (χ3n) is 6.42. The quantitative estimate of drug-likeness (QED) is 0.614. The molecule has 2 amide bonds. The van der Waals surface area contributed by atoms with Crippen molar-refractivity contribution < 1.29 is 9.59 Å². The number of amides is 2. The van der Waals surface area contributed by atoms with Gasteiger partial charge in [-0.2, -0.15) is 0 Å². The standard InChI is InChI=1S/C25H26ClN5O2/c26-20-13-12-18(16-19(20)23-29-28-22-11-5-2-6-14-31(22)23)27-24(32)21-10-7-15-30(21)25(33)17-8-3-1-4-9-17/h1,3-4,8-9,12-13,16,21H,2,5-7,10-11,14-15H2,(H,27,32). The number of aromatic nitrogens is 3. The molecule has 0 bridgehead atoms. The second-order valence-electron chi connectivity index (χ2n) is 8.61. The fourth-order valence-corrected chi connectivity index (χ4v) is 4.92.